The Morgan fingerprint density at radius 2 is 1.78 bits per heavy atom. The van der Waals surface area contributed by atoms with Gasteiger partial charge in [-0.3, -0.25) is 0 Å². The Hall–Kier alpha value is -0.260. The first kappa shape index (κ1) is 16.2. The van der Waals surface area contributed by atoms with Crippen LogP contribution in [0.2, 0.25) is 0 Å². The van der Waals surface area contributed by atoms with Crippen LogP contribution >= 0.6 is 0 Å². The monoisotopic (exact) mass is 314 g/mol. The number of hydrogen-bond donors (Lipinski definition) is 0. The van der Waals surface area contributed by atoms with Crippen LogP contribution in [0.3, 0.4) is 0 Å². The van der Waals surface area contributed by atoms with E-state index in [0.717, 1.165) is 23.7 Å². The van der Waals surface area contributed by atoms with Crippen molar-refractivity contribution >= 4 is 0 Å². The van der Waals surface area contributed by atoms with Crippen molar-refractivity contribution in [2.45, 2.75) is 92.4 Å². The molecular weight excluding hydrogens is 276 g/mol. The van der Waals surface area contributed by atoms with Crippen LogP contribution < -0.4 is 0 Å². The lowest BCUT2D eigenvalue weighted by Gasteiger charge is -2.60. The highest BCUT2D eigenvalue weighted by Crippen LogP contribution is 2.70. The molecular formula is C23H38. The molecule has 5 unspecified atom stereocenters. The normalized spacial score (nSPS) is 51.4. The van der Waals surface area contributed by atoms with Gasteiger partial charge in [0.05, 0.1) is 0 Å². The molecule has 0 nitrogen and oxygen atoms in total. The Balaban J connectivity index is 1.68. The van der Waals surface area contributed by atoms with Gasteiger partial charge in [0.25, 0.3) is 0 Å². The van der Waals surface area contributed by atoms with Gasteiger partial charge >= 0.3 is 0 Å². The van der Waals surface area contributed by atoms with Gasteiger partial charge in [-0.05, 0) is 91.3 Å². The summed E-state index contributed by atoms with van der Waals surface area (Å²) in [6.45, 7) is 12.9. The summed E-state index contributed by atoms with van der Waals surface area (Å²) < 4.78 is 0. The molecule has 0 N–H and O–H groups in total. The zero-order valence-electron chi connectivity index (χ0n) is 16.3. The molecule has 3 fully saturated rings. The van der Waals surface area contributed by atoms with Crippen LogP contribution in [0.25, 0.3) is 0 Å². The predicted molar refractivity (Wildman–Crippen MR) is 99.3 cm³/mol. The zero-order chi connectivity index (χ0) is 16.5. The molecule has 0 radical (unpaired) electrons. The van der Waals surface area contributed by atoms with Crippen molar-refractivity contribution in [3.8, 4) is 0 Å². The van der Waals surface area contributed by atoms with Crippen LogP contribution in [-0.4, -0.2) is 0 Å². The second-order valence-electron chi connectivity index (χ2n) is 10.5. The van der Waals surface area contributed by atoms with Crippen molar-refractivity contribution in [3.63, 3.8) is 0 Å². The Morgan fingerprint density at radius 3 is 2.43 bits per heavy atom. The van der Waals surface area contributed by atoms with Crippen LogP contribution in [-0.2, 0) is 0 Å². The molecule has 0 aromatic rings. The quantitative estimate of drug-likeness (QED) is 0.481. The maximum absolute atomic E-state index is 2.72. The van der Waals surface area contributed by atoms with Crippen molar-refractivity contribution < 1.29 is 0 Å². The van der Waals surface area contributed by atoms with Crippen molar-refractivity contribution in [3.05, 3.63) is 11.6 Å². The molecule has 130 valence electrons. The van der Waals surface area contributed by atoms with Gasteiger partial charge in [-0.25, -0.2) is 0 Å². The highest BCUT2D eigenvalue weighted by Gasteiger charge is 2.61. The molecule has 4 rings (SSSR count). The molecule has 0 amide bonds. The van der Waals surface area contributed by atoms with Crippen LogP contribution in [0.1, 0.15) is 92.4 Å². The summed E-state index contributed by atoms with van der Waals surface area (Å²) in [5, 5.41) is 0. The second kappa shape index (κ2) is 5.12. The Labute approximate surface area is 144 Å². The third-order valence-electron chi connectivity index (χ3n) is 9.56. The van der Waals surface area contributed by atoms with E-state index in [1.54, 1.807) is 0 Å². The van der Waals surface area contributed by atoms with Gasteiger partial charge in [-0.2, -0.15) is 0 Å². The molecule has 0 aromatic heterocycles. The van der Waals surface area contributed by atoms with Gasteiger partial charge in [0, 0.05) is 0 Å². The zero-order valence-corrected chi connectivity index (χ0v) is 16.3. The van der Waals surface area contributed by atoms with Crippen molar-refractivity contribution in [2.75, 3.05) is 0 Å². The molecule has 23 heavy (non-hydrogen) atoms. The third kappa shape index (κ3) is 2.15. The van der Waals surface area contributed by atoms with E-state index >= 15 is 0 Å². The van der Waals surface area contributed by atoms with Gasteiger partial charge < -0.3 is 0 Å². The molecule has 0 spiro atoms. The lowest BCUT2D eigenvalue weighted by molar-refractivity contribution is -0.0776. The molecule has 0 saturated heterocycles. The molecule has 6 atom stereocenters. The van der Waals surface area contributed by atoms with E-state index in [0.29, 0.717) is 16.2 Å². The van der Waals surface area contributed by atoms with E-state index in [4.69, 9.17) is 0 Å². The summed E-state index contributed by atoms with van der Waals surface area (Å²) in [4.78, 5) is 0. The first-order valence-corrected chi connectivity index (χ1v) is 10.5. The van der Waals surface area contributed by atoms with Crippen LogP contribution in [0.5, 0.6) is 0 Å². The minimum atomic E-state index is 0.550. The Bertz CT molecular complexity index is 510. The predicted octanol–water partition coefficient (Wildman–Crippen LogP) is 7.00. The largest absolute Gasteiger partial charge is 0.0845 e. The smallest absolute Gasteiger partial charge is 0.00851 e. The Kier molecular flexibility index (Phi) is 3.61. The van der Waals surface area contributed by atoms with Crippen molar-refractivity contribution in [1.82, 2.24) is 0 Å². The molecule has 0 bridgehead atoms. The number of rotatable bonds is 2. The molecule has 0 heterocycles. The van der Waals surface area contributed by atoms with Crippen LogP contribution in [0, 0.1) is 39.9 Å². The van der Waals surface area contributed by atoms with Gasteiger partial charge in [0.15, 0.2) is 0 Å². The van der Waals surface area contributed by atoms with Crippen LogP contribution in [0.4, 0.5) is 0 Å². The van der Waals surface area contributed by atoms with E-state index in [2.05, 4.69) is 40.7 Å². The Morgan fingerprint density at radius 1 is 1.04 bits per heavy atom. The van der Waals surface area contributed by atoms with Gasteiger partial charge in [0.1, 0.15) is 0 Å². The van der Waals surface area contributed by atoms with Crippen molar-refractivity contribution in [1.29, 1.82) is 0 Å². The van der Waals surface area contributed by atoms with Crippen LogP contribution in [0.15, 0.2) is 11.6 Å². The number of allylic oxidation sites excluding steroid dienone is 2. The highest BCUT2D eigenvalue weighted by molar-refractivity contribution is 5.25. The standard InChI is InChI=1S/C23H38/c1-6-19-18-8-7-17-15-16(2)9-11-22(17,4)20(18)10-12-23(19,5)21(3)13-14-21/h7,16,18-20H,6,8-15H2,1-5H3/t16-,18?,19?,20?,22?,23?/m0/s1. The summed E-state index contributed by atoms with van der Waals surface area (Å²) in [6.07, 6.45) is 15.8. The molecule has 0 heteroatoms. The summed E-state index contributed by atoms with van der Waals surface area (Å²) >= 11 is 0. The second-order valence-corrected chi connectivity index (χ2v) is 10.5. The summed E-state index contributed by atoms with van der Waals surface area (Å²) in [6, 6.07) is 0. The topological polar surface area (TPSA) is 0 Å². The van der Waals surface area contributed by atoms with Gasteiger partial charge in [-0.1, -0.05) is 52.7 Å². The number of hydrogen-bond acceptors (Lipinski definition) is 0. The fourth-order valence-electron chi connectivity index (χ4n) is 7.42. The summed E-state index contributed by atoms with van der Waals surface area (Å²) in [5.74, 6) is 3.84. The van der Waals surface area contributed by atoms with E-state index in [-0.39, 0.29) is 0 Å². The lowest BCUT2D eigenvalue weighted by Crippen LogP contribution is -2.52. The first-order chi connectivity index (χ1) is 10.8. The number of fused-ring (bicyclic) bond motifs is 3. The third-order valence-corrected chi connectivity index (χ3v) is 9.56. The maximum atomic E-state index is 2.72. The maximum Gasteiger partial charge on any atom is -0.00851 e. The minimum absolute atomic E-state index is 0.550. The fraction of sp³-hybridized carbons (Fsp3) is 0.913. The fourth-order valence-corrected chi connectivity index (χ4v) is 7.42. The van der Waals surface area contributed by atoms with Gasteiger partial charge in [0.2, 0.25) is 0 Å². The summed E-state index contributed by atoms with van der Waals surface area (Å²) in [7, 11) is 0. The highest BCUT2D eigenvalue weighted by atomic mass is 14.7. The van der Waals surface area contributed by atoms with E-state index < -0.39 is 0 Å². The van der Waals surface area contributed by atoms with Gasteiger partial charge in [-0.15, -0.1) is 0 Å². The average molecular weight is 315 g/mol. The molecule has 0 aromatic carbocycles. The first-order valence-electron chi connectivity index (χ1n) is 10.5. The SMILES string of the molecule is CCC1C2CC=C3C[C@@H](C)CCC3(C)C2CCC1(C)C1(C)CC1. The molecule has 0 aliphatic heterocycles. The lowest BCUT2D eigenvalue weighted by atomic mass is 9.44. The molecule has 4 aliphatic carbocycles. The molecule has 3 saturated carbocycles. The minimum Gasteiger partial charge on any atom is -0.0845 e. The van der Waals surface area contributed by atoms with E-state index in [1.807, 2.05) is 5.57 Å². The summed E-state index contributed by atoms with van der Waals surface area (Å²) in [5.41, 5.74) is 3.69. The average Bonchev–Trinajstić information content (AvgIpc) is 3.27. The molecule has 4 aliphatic rings. The van der Waals surface area contributed by atoms with E-state index in [1.165, 1.54) is 57.8 Å². The van der Waals surface area contributed by atoms with Crippen molar-refractivity contribution in [2.24, 2.45) is 39.9 Å². The van der Waals surface area contributed by atoms with E-state index in [9.17, 15) is 0 Å².